The third-order valence-electron chi connectivity index (χ3n) is 3.64. The summed E-state index contributed by atoms with van der Waals surface area (Å²) < 4.78 is 0. The fourth-order valence-electron chi connectivity index (χ4n) is 2.48. The zero-order chi connectivity index (χ0) is 17.5. The van der Waals surface area contributed by atoms with Crippen LogP contribution in [0, 0.1) is 6.92 Å². The molecular formula is C19H23N3O2. The molecule has 5 nitrogen and oxygen atoms in total. The van der Waals surface area contributed by atoms with Crippen LogP contribution in [0.15, 0.2) is 42.5 Å². The molecule has 0 atom stereocenters. The summed E-state index contributed by atoms with van der Waals surface area (Å²) >= 11 is 0. The summed E-state index contributed by atoms with van der Waals surface area (Å²) in [5, 5.41) is 8.76. The average molecular weight is 325 g/mol. The first-order valence-corrected chi connectivity index (χ1v) is 7.99. The molecule has 0 aromatic heterocycles. The monoisotopic (exact) mass is 325 g/mol. The van der Waals surface area contributed by atoms with Crippen LogP contribution in [0.5, 0.6) is 0 Å². The van der Waals surface area contributed by atoms with Gasteiger partial charge in [-0.3, -0.25) is 9.59 Å². The Labute approximate surface area is 142 Å². The number of para-hydroxylation sites is 1. The molecule has 0 spiro atoms. The summed E-state index contributed by atoms with van der Waals surface area (Å²) in [6.45, 7) is 5.66. The lowest BCUT2D eigenvalue weighted by atomic mass is 10.1. The van der Waals surface area contributed by atoms with E-state index in [9.17, 15) is 9.59 Å². The Balaban J connectivity index is 1.98. The van der Waals surface area contributed by atoms with Crippen LogP contribution >= 0.6 is 0 Å². The lowest BCUT2D eigenvalue weighted by molar-refractivity contribution is -0.115. The molecule has 0 unspecified atom stereocenters. The Morgan fingerprint density at radius 1 is 1.00 bits per heavy atom. The van der Waals surface area contributed by atoms with Gasteiger partial charge in [-0.15, -0.1) is 0 Å². The number of carbonyl (C=O) groups is 2. The lowest BCUT2D eigenvalue weighted by Crippen LogP contribution is -2.23. The van der Waals surface area contributed by atoms with Crippen molar-refractivity contribution >= 4 is 28.9 Å². The van der Waals surface area contributed by atoms with E-state index in [1.807, 2.05) is 37.3 Å². The van der Waals surface area contributed by atoms with Crippen molar-refractivity contribution < 1.29 is 9.59 Å². The molecule has 24 heavy (non-hydrogen) atoms. The van der Waals surface area contributed by atoms with Gasteiger partial charge in [0.25, 0.3) is 0 Å². The molecule has 0 fully saturated rings. The number of hydrogen-bond donors (Lipinski definition) is 3. The highest BCUT2D eigenvalue weighted by atomic mass is 16.2. The van der Waals surface area contributed by atoms with Crippen LogP contribution in [-0.2, 0) is 16.0 Å². The fourth-order valence-corrected chi connectivity index (χ4v) is 2.48. The van der Waals surface area contributed by atoms with Gasteiger partial charge in [0, 0.05) is 24.0 Å². The minimum Gasteiger partial charge on any atom is -0.376 e. The molecule has 0 heterocycles. The van der Waals surface area contributed by atoms with Crippen molar-refractivity contribution in [3.8, 4) is 0 Å². The van der Waals surface area contributed by atoms with E-state index in [-0.39, 0.29) is 18.4 Å². The molecule has 0 bridgehead atoms. The number of hydrogen-bond acceptors (Lipinski definition) is 3. The van der Waals surface area contributed by atoms with Gasteiger partial charge in [0.05, 0.1) is 6.54 Å². The van der Waals surface area contributed by atoms with Crippen molar-refractivity contribution in [1.29, 1.82) is 0 Å². The molecule has 5 heteroatoms. The molecule has 126 valence electrons. The standard InChI is InChI=1S/C19H23N3O2/c1-4-15-8-5-7-13(2)19(15)22-18(24)12-20-16-9-6-10-17(11-16)21-14(3)23/h5-11,20H,4,12H2,1-3H3,(H,21,23)(H,22,24). The van der Waals surface area contributed by atoms with Crippen molar-refractivity contribution in [2.75, 3.05) is 22.5 Å². The second kappa shape index (κ2) is 8.15. The summed E-state index contributed by atoms with van der Waals surface area (Å²) in [4.78, 5) is 23.3. The maximum atomic E-state index is 12.2. The first-order chi connectivity index (χ1) is 11.5. The predicted octanol–water partition coefficient (Wildman–Crippen LogP) is 3.57. The predicted molar refractivity (Wildman–Crippen MR) is 98.4 cm³/mol. The van der Waals surface area contributed by atoms with Gasteiger partial charge in [-0.05, 0) is 42.7 Å². The Hall–Kier alpha value is -2.82. The maximum Gasteiger partial charge on any atom is 0.243 e. The highest BCUT2D eigenvalue weighted by Crippen LogP contribution is 2.21. The van der Waals surface area contributed by atoms with E-state index in [0.717, 1.165) is 28.9 Å². The molecule has 2 aromatic carbocycles. The molecule has 0 saturated carbocycles. The minimum atomic E-state index is -0.128. The molecule has 0 radical (unpaired) electrons. The number of aryl methyl sites for hydroxylation is 2. The molecule has 0 aliphatic heterocycles. The SMILES string of the molecule is CCc1cccc(C)c1NC(=O)CNc1cccc(NC(C)=O)c1. The normalized spacial score (nSPS) is 10.1. The Bertz CT molecular complexity index is 741. The number of carbonyl (C=O) groups excluding carboxylic acids is 2. The van der Waals surface area contributed by atoms with Crippen LogP contribution in [0.2, 0.25) is 0 Å². The number of anilines is 3. The van der Waals surface area contributed by atoms with Gasteiger partial charge >= 0.3 is 0 Å². The first-order valence-electron chi connectivity index (χ1n) is 7.99. The summed E-state index contributed by atoms with van der Waals surface area (Å²) in [6, 6.07) is 13.3. The Kier molecular flexibility index (Phi) is 5.95. The van der Waals surface area contributed by atoms with Gasteiger partial charge in [-0.25, -0.2) is 0 Å². The minimum absolute atomic E-state index is 0.107. The van der Waals surface area contributed by atoms with Crippen LogP contribution in [0.4, 0.5) is 17.1 Å². The summed E-state index contributed by atoms with van der Waals surface area (Å²) in [5.41, 5.74) is 4.53. The van der Waals surface area contributed by atoms with Gasteiger partial charge in [0.15, 0.2) is 0 Å². The van der Waals surface area contributed by atoms with Crippen LogP contribution in [0.3, 0.4) is 0 Å². The van der Waals surface area contributed by atoms with Crippen LogP contribution in [-0.4, -0.2) is 18.4 Å². The number of benzene rings is 2. The van der Waals surface area contributed by atoms with Crippen molar-refractivity contribution in [3.63, 3.8) is 0 Å². The van der Waals surface area contributed by atoms with E-state index in [2.05, 4.69) is 22.9 Å². The topological polar surface area (TPSA) is 70.2 Å². The second-order valence-electron chi connectivity index (χ2n) is 5.63. The number of nitrogens with one attached hydrogen (secondary N) is 3. The van der Waals surface area contributed by atoms with E-state index in [4.69, 9.17) is 0 Å². The van der Waals surface area contributed by atoms with Gasteiger partial charge in [-0.1, -0.05) is 31.2 Å². The smallest absolute Gasteiger partial charge is 0.243 e. The summed E-state index contributed by atoms with van der Waals surface area (Å²) in [7, 11) is 0. The van der Waals surface area contributed by atoms with Crippen molar-refractivity contribution in [1.82, 2.24) is 0 Å². The third-order valence-corrected chi connectivity index (χ3v) is 3.64. The van der Waals surface area contributed by atoms with Crippen LogP contribution in [0.1, 0.15) is 25.0 Å². The summed E-state index contributed by atoms with van der Waals surface area (Å²) in [5.74, 6) is -0.236. The Morgan fingerprint density at radius 3 is 2.42 bits per heavy atom. The van der Waals surface area contributed by atoms with E-state index in [1.54, 1.807) is 12.1 Å². The van der Waals surface area contributed by atoms with E-state index >= 15 is 0 Å². The second-order valence-corrected chi connectivity index (χ2v) is 5.63. The fraction of sp³-hybridized carbons (Fsp3) is 0.263. The Morgan fingerprint density at radius 2 is 1.71 bits per heavy atom. The molecule has 2 amide bonds. The lowest BCUT2D eigenvalue weighted by Gasteiger charge is -2.14. The van der Waals surface area contributed by atoms with Crippen molar-refractivity contribution in [2.45, 2.75) is 27.2 Å². The molecule has 0 saturated heterocycles. The first kappa shape index (κ1) is 17.5. The molecule has 0 aliphatic carbocycles. The highest BCUT2D eigenvalue weighted by Gasteiger charge is 2.08. The van der Waals surface area contributed by atoms with Gasteiger partial charge in [-0.2, -0.15) is 0 Å². The molecule has 2 aromatic rings. The molecule has 0 aliphatic rings. The highest BCUT2D eigenvalue weighted by molar-refractivity contribution is 5.95. The molecular weight excluding hydrogens is 302 g/mol. The number of rotatable bonds is 6. The van der Waals surface area contributed by atoms with Crippen LogP contribution in [0.25, 0.3) is 0 Å². The van der Waals surface area contributed by atoms with E-state index < -0.39 is 0 Å². The quantitative estimate of drug-likeness (QED) is 0.760. The van der Waals surface area contributed by atoms with Crippen molar-refractivity contribution in [2.24, 2.45) is 0 Å². The zero-order valence-electron chi connectivity index (χ0n) is 14.3. The zero-order valence-corrected chi connectivity index (χ0v) is 14.3. The average Bonchev–Trinajstić information content (AvgIpc) is 2.54. The van der Waals surface area contributed by atoms with Gasteiger partial charge in [0.1, 0.15) is 0 Å². The van der Waals surface area contributed by atoms with E-state index in [1.165, 1.54) is 6.92 Å². The van der Waals surface area contributed by atoms with Gasteiger partial charge in [0.2, 0.25) is 11.8 Å². The maximum absolute atomic E-state index is 12.2. The van der Waals surface area contributed by atoms with Gasteiger partial charge < -0.3 is 16.0 Å². The molecule has 3 N–H and O–H groups in total. The summed E-state index contributed by atoms with van der Waals surface area (Å²) in [6.07, 6.45) is 0.865. The van der Waals surface area contributed by atoms with Crippen LogP contribution < -0.4 is 16.0 Å². The third kappa shape index (κ3) is 4.84. The number of amides is 2. The largest absolute Gasteiger partial charge is 0.376 e. The molecule has 2 rings (SSSR count). The van der Waals surface area contributed by atoms with E-state index in [0.29, 0.717) is 5.69 Å². The van der Waals surface area contributed by atoms with Crippen molar-refractivity contribution in [3.05, 3.63) is 53.6 Å².